The lowest BCUT2D eigenvalue weighted by atomic mass is 10.2. The molecular formula is C15H24N4O3. The number of nitro benzene ring substituents is 1. The van der Waals surface area contributed by atoms with Crippen LogP contribution in [0.3, 0.4) is 0 Å². The van der Waals surface area contributed by atoms with Crippen LogP contribution < -0.4 is 10.6 Å². The van der Waals surface area contributed by atoms with Gasteiger partial charge in [-0.05, 0) is 33.8 Å². The lowest BCUT2D eigenvalue weighted by molar-refractivity contribution is -0.384. The van der Waals surface area contributed by atoms with Crippen LogP contribution in [0, 0.1) is 10.1 Å². The molecule has 22 heavy (non-hydrogen) atoms. The van der Waals surface area contributed by atoms with Crippen LogP contribution in [-0.4, -0.2) is 41.0 Å². The largest absolute Gasteiger partial charge is 0.337 e. The summed E-state index contributed by atoms with van der Waals surface area (Å²) in [6.07, 6.45) is 0. The molecule has 0 heterocycles. The van der Waals surface area contributed by atoms with Gasteiger partial charge in [-0.1, -0.05) is 6.07 Å². The molecule has 0 aliphatic rings. The predicted molar refractivity (Wildman–Crippen MR) is 87.1 cm³/mol. The van der Waals surface area contributed by atoms with E-state index in [4.69, 9.17) is 0 Å². The van der Waals surface area contributed by atoms with Gasteiger partial charge in [0.2, 0.25) is 0 Å². The average Bonchev–Trinajstić information content (AvgIpc) is 2.42. The molecule has 0 radical (unpaired) electrons. The third-order valence-electron chi connectivity index (χ3n) is 3.30. The van der Waals surface area contributed by atoms with Crippen molar-refractivity contribution in [2.45, 2.75) is 39.8 Å². The Labute approximate surface area is 130 Å². The minimum absolute atomic E-state index is 0.0522. The highest BCUT2D eigenvalue weighted by atomic mass is 16.6. The van der Waals surface area contributed by atoms with Crippen molar-refractivity contribution >= 4 is 17.4 Å². The van der Waals surface area contributed by atoms with Crippen LogP contribution in [-0.2, 0) is 0 Å². The molecule has 1 rings (SSSR count). The second-order valence-corrected chi connectivity index (χ2v) is 5.61. The van der Waals surface area contributed by atoms with Crippen LogP contribution in [0.1, 0.15) is 27.7 Å². The number of nitrogens with one attached hydrogen (secondary N) is 2. The number of amides is 2. The molecule has 0 fully saturated rings. The molecular weight excluding hydrogens is 284 g/mol. The number of nitrogens with zero attached hydrogens (tertiary/aromatic N) is 2. The molecule has 2 N–H and O–H groups in total. The van der Waals surface area contributed by atoms with E-state index >= 15 is 0 Å². The fourth-order valence-electron chi connectivity index (χ4n) is 2.28. The summed E-state index contributed by atoms with van der Waals surface area (Å²) in [6, 6.07) is 6.30. The summed E-state index contributed by atoms with van der Waals surface area (Å²) in [6.45, 7) is 9.72. The van der Waals surface area contributed by atoms with Crippen molar-refractivity contribution in [1.82, 2.24) is 10.2 Å². The van der Waals surface area contributed by atoms with Crippen LogP contribution in [0.5, 0.6) is 0 Å². The van der Waals surface area contributed by atoms with E-state index in [2.05, 4.69) is 43.2 Å². The van der Waals surface area contributed by atoms with E-state index < -0.39 is 4.92 Å². The average molecular weight is 308 g/mol. The van der Waals surface area contributed by atoms with E-state index in [1.165, 1.54) is 18.2 Å². The van der Waals surface area contributed by atoms with E-state index in [9.17, 15) is 14.9 Å². The van der Waals surface area contributed by atoms with E-state index in [-0.39, 0.29) is 11.7 Å². The number of non-ortho nitro benzene ring substituents is 1. The Morgan fingerprint density at radius 3 is 2.45 bits per heavy atom. The molecule has 1 aromatic rings. The fourth-order valence-corrected chi connectivity index (χ4v) is 2.28. The van der Waals surface area contributed by atoms with Gasteiger partial charge in [-0.25, -0.2) is 4.79 Å². The van der Waals surface area contributed by atoms with Gasteiger partial charge in [-0.2, -0.15) is 0 Å². The molecule has 7 heteroatoms. The maximum atomic E-state index is 11.8. The Balaban J connectivity index is 2.47. The Kier molecular flexibility index (Phi) is 6.78. The number of carbonyl (C=O) groups is 1. The normalized spacial score (nSPS) is 11.0. The molecule has 2 amide bonds. The molecule has 0 atom stereocenters. The molecule has 0 spiro atoms. The summed E-state index contributed by atoms with van der Waals surface area (Å²) in [5.74, 6) is 0. The van der Waals surface area contributed by atoms with Gasteiger partial charge in [-0.3, -0.25) is 15.0 Å². The summed E-state index contributed by atoms with van der Waals surface area (Å²) >= 11 is 0. The minimum atomic E-state index is -0.494. The second-order valence-electron chi connectivity index (χ2n) is 5.61. The molecule has 1 aromatic carbocycles. The SMILES string of the molecule is CC(C)N(CCNC(=O)Nc1cccc([N+](=O)[O-])c1)C(C)C. The monoisotopic (exact) mass is 308 g/mol. The molecule has 0 saturated heterocycles. The van der Waals surface area contributed by atoms with E-state index in [1.54, 1.807) is 6.07 Å². The highest BCUT2D eigenvalue weighted by molar-refractivity contribution is 5.89. The van der Waals surface area contributed by atoms with Gasteiger partial charge in [0.05, 0.1) is 4.92 Å². The van der Waals surface area contributed by atoms with Crippen molar-refractivity contribution in [3.63, 3.8) is 0 Å². The lowest BCUT2D eigenvalue weighted by Gasteiger charge is -2.30. The second kappa shape index (κ2) is 8.33. The van der Waals surface area contributed by atoms with Gasteiger partial charge in [0.25, 0.3) is 5.69 Å². The molecule has 122 valence electrons. The quantitative estimate of drug-likeness (QED) is 0.599. The van der Waals surface area contributed by atoms with Crippen LogP contribution >= 0.6 is 0 Å². The molecule has 0 aromatic heterocycles. The van der Waals surface area contributed by atoms with Crippen molar-refractivity contribution in [3.05, 3.63) is 34.4 Å². The number of hydrogen-bond donors (Lipinski definition) is 2. The van der Waals surface area contributed by atoms with Crippen LogP contribution in [0.4, 0.5) is 16.2 Å². The van der Waals surface area contributed by atoms with E-state index in [1.807, 2.05) is 0 Å². The summed E-state index contributed by atoms with van der Waals surface area (Å²) in [4.78, 5) is 24.3. The maximum Gasteiger partial charge on any atom is 0.319 e. The van der Waals surface area contributed by atoms with Crippen LogP contribution in [0.15, 0.2) is 24.3 Å². The standard InChI is InChI=1S/C15H24N4O3/c1-11(2)18(12(3)4)9-8-16-15(20)17-13-6-5-7-14(10-13)19(21)22/h5-7,10-12H,8-9H2,1-4H3,(H2,16,17,20). The summed E-state index contributed by atoms with van der Waals surface area (Å²) < 4.78 is 0. The first-order valence-electron chi connectivity index (χ1n) is 7.36. The third kappa shape index (κ3) is 5.69. The zero-order valence-corrected chi connectivity index (χ0v) is 13.5. The molecule has 0 bridgehead atoms. The first kappa shape index (κ1) is 17.9. The summed E-state index contributed by atoms with van der Waals surface area (Å²) in [5, 5.41) is 16.0. The molecule has 0 aliphatic heterocycles. The van der Waals surface area contributed by atoms with Crippen molar-refractivity contribution < 1.29 is 9.72 Å². The van der Waals surface area contributed by atoms with Gasteiger partial charge in [-0.15, -0.1) is 0 Å². The Morgan fingerprint density at radius 2 is 1.91 bits per heavy atom. The Morgan fingerprint density at radius 1 is 1.27 bits per heavy atom. The zero-order chi connectivity index (χ0) is 16.7. The van der Waals surface area contributed by atoms with Crippen molar-refractivity contribution in [2.75, 3.05) is 18.4 Å². The van der Waals surface area contributed by atoms with Crippen molar-refractivity contribution in [3.8, 4) is 0 Å². The topological polar surface area (TPSA) is 87.5 Å². The third-order valence-corrected chi connectivity index (χ3v) is 3.30. The predicted octanol–water partition coefficient (Wildman–Crippen LogP) is 2.84. The number of urea groups is 1. The fraction of sp³-hybridized carbons (Fsp3) is 0.533. The number of nitro groups is 1. The van der Waals surface area contributed by atoms with Gasteiger partial charge in [0.15, 0.2) is 0 Å². The number of rotatable bonds is 7. The number of hydrogen-bond acceptors (Lipinski definition) is 4. The van der Waals surface area contributed by atoms with Gasteiger partial charge >= 0.3 is 6.03 Å². The van der Waals surface area contributed by atoms with Crippen LogP contribution in [0.25, 0.3) is 0 Å². The van der Waals surface area contributed by atoms with Gasteiger partial charge in [0.1, 0.15) is 0 Å². The summed E-state index contributed by atoms with van der Waals surface area (Å²) in [5.41, 5.74) is 0.347. The first-order chi connectivity index (χ1) is 10.3. The first-order valence-corrected chi connectivity index (χ1v) is 7.36. The van der Waals surface area contributed by atoms with Crippen molar-refractivity contribution in [1.29, 1.82) is 0 Å². The number of anilines is 1. The summed E-state index contributed by atoms with van der Waals surface area (Å²) in [7, 11) is 0. The Hall–Kier alpha value is -2.15. The highest BCUT2D eigenvalue weighted by Gasteiger charge is 2.13. The molecule has 7 nitrogen and oxygen atoms in total. The molecule has 0 aliphatic carbocycles. The van der Waals surface area contributed by atoms with Gasteiger partial charge < -0.3 is 10.6 Å². The molecule has 0 saturated carbocycles. The lowest BCUT2D eigenvalue weighted by Crippen LogP contribution is -2.43. The van der Waals surface area contributed by atoms with Crippen molar-refractivity contribution in [2.24, 2.45) is 0 Å². The van der Waals surface area contributed by atoms with Crippen LogP contribution in [0.2, 0.25) is 0 Å². The molecule has 0 unspecified atom stereocenters. The smallest absolute Gasteiger partial charge is 0.319 e. The zero-order valence-electron chi connectivity index (χ0n) is 13.5. The number of benzene rings is 1. The highest BCUT2D eigenvalue weighted by Crippen LogP contribution is 2.16. The minimum Gasteiger partial charge on any atom is -0.337 e. The van der Waals surface area contributed by atoms with Gasteiger partial charge in [0, 0.05) is 43.0 Å². The van der Waals surface area contributed by atoms with E-state index in [0.29, 0.717) is 24.3 Å². The number of carbonyl (C=O) groups excluding carboxylic acids is 1. The maximum absolute atomic E-state index is 11.8. The Bertz CT molecular complexity index is 509. The van der Waals surface area contributed by atoms with E-state index in [0.717, 1.165) is 6.54 Å².